The van der Waals surface area contributed by atoms with Crippen LogP contribution in [0.2, 0.25) is 0 Å². The van der Waals surface area contributed by atoms with Crippen molar-refractivity contribution in [3.63, 3.8) is 0 Å². The Balaban J connectivity index is 3.64. The molecule has 0 aromatic heterocycles. The molecule has 2 amide bonds. The van der Waals surface area contributed by atoms with E-state index in [9.17, 15) is 9.59 Å². The Morgan fingerprint density at radius 3 is 2.19 bits per heavy atom. The molecule has 0 radical (unpaired) electrons. The fourth-order valence-corrected chi connectivity index (χ4v) is 1.30. The van der Waals surface area contributed by atoms with Crippen molar-refractivity contribution in [1.29, 1.82) is 0 Å². The van der Waals surface area contributed by atoms with Gasteiger partial charge in [0.15, 0.2) is 0 Å². The van der Waals surface area contributed by atoms with Gasteiger partial charge in [-0.2, -0.15) is 0 Å². The van der Waals surface area contributed by atoms with Gasteiger partial charge in [0.2, 0.25) is 11.8 Å². The van der Waals surface area contributed by atoms with E-state index in [0.717, 1.165) is 6.42 Å². The Kier molecular flexibility index (Phi) is 8.52. The van der Waals surface area contributed by atoms with Gasteiger partial charge in [0.05, 0.1) is 13.1 Å². The van der Waals surface area contributed by atoms with Crippen molar-refractivity contribution >= 4 is 11.8 Å². The topological polar surface area (TPSA) is 61.4 Å². The van der Waals surface area contributed by atoms with E-state index in [1.807, 2.05) is 20.8 Å². The summed E-state index contributed by atoms with van der Waals surface area (Å²) >= 11 is 0. The minimum Gasteiger partial charge on any atom is -0.355 e. The predicted molar refractivity (Wildman–Crippen MR) is 64.1 cm³/mol. The van der Waals surface area contributed by atoms with E-state index in [-0.39, 0.29) is 24.9 Å². The van der Waals surface area contributed by atoms with Gasteiger partial charge in [-0.3, -0.25) is 14.9 Å². The molecule has 5 heteroatoms. The van der Waals surface area contributed by atoms with E-state index in [1.54, 1.807) is 4.90 Å². The van der Waals surface area contributed by atoms with Crippen LogP contribution in [0.5, 0.6) is 0 Å². The van der Waals surface area contributed by atoms with E-state index in [4.69, 9.17) is 0 Å². The second kappa shape index (κ2) is 9.15. The molecule has 0 aromatic rings. The summed E-state index contributed by atoms with van der Waals surface area (Å²) < 4.78 is 0. The molecule has 0 saturated heterocycles. The van der Waals surface area contributed by atoms with Crippen LogP contribution in [0.1, 0.15) is 27.2 Å². The molecule has 16 heavy (non-hydrogen) atoms. The summed E-state index contributed by atoms with van der Waals surface area (Å²) in [6.07, 6.45) is 0.921. The van der Waals surface area contributed by atoms with Crippen LogP contribution < -0.4 is 10.6 Å². The van der Waals surface area contributed by atoms with Gasteiger partial charge in [-0.1, -0.05) is 6.92 Å². The molecule has 0 atom stereocenters. The zero-order valence-electron chi connectivity index (χ0n) is 10.5. The molecule has 2 N–H and O–H groups in total. The van der Waals surface area contributed by atoms with Crippen molar-refractivity contribution in [1.82, 2.24) is 15.5 Å². The van der Waals surface area contributed by atoms with E-state index in [1.165, 1.54) is 0 Å². The maximum absolute atomic E-state index is 11.5. The third kappa shape index (κ3) is 6.40. The molecule has 0 aliphatic carbocycles. The third-order valence-electron chi connectivity index (χ3n) is 2.25. The van der Waals surface area contributed by atoms with Crippen molar-refractivity contribution in [3.05, 3.63) is 0 Å². The number of hydrogen-bond donors (Lipinski definition) is 2. The Hall–Kier alpha value is -1.10. The number of nitrogens with one attached hydrogen (secondary N) is 2. The van der Waals surface area contributed by atoms with Crippen LogP contribution in [0.3, 0.4) is 0 Å². The lowest BCUT2D eigenvalue weighted by Crippen LogP contribution is -2.41. The van der Waals surface area contributed by atoms with Crippen LogP contribution >= 0.6 is 0 Å². The highest BCUT2D eigenvalue weighted by atomic mass is 16.2. The summed E-state index contributed by atoms with van der Waals surface area (Å²) in [7, 11) is 0. The van der Waals surface area contributed by atoms with Gasteiger partial charge in [0.1, 0.15) is 0 Å². The largest absolute Gasteiger partial charge is 0.355 e. The predicted octanol–water partition coefficient (Wildman–Crippen LogP) is -0.0294. The Bertz CT molecular complexity index is 215. The SMILES string of the molecule is CCCNC(=O)CNCC(=O)N(CC)CC. The highest BCUT2D eigenvalue weighted by molar-refractivity contribution is 5.81. The van der Waals surface area contributed by atoms with Gasteiger partial charge in [-0.25, -0.2) is 0 Å². The van der Waals surface area contributed by atoms with Gasteiger partial charge in [-0.05, 0) is 20.3 Å². The molecule has 0 saturated carbocycles. The number of nitrogens with zero attached hydrogens (tertiary/aromatic N) is 1. The van der Waals surface area contributed by atoms with Gasteiger partial charge in [0.25, 0.3) is 0 Å². The summed E-state index contributed by atoms with van der Waals surface area (Å²) in [6, 6.07) is 0. The number of carbonyl (C=O) groups is 2. The normalized spacial score (nSPS) is 9.94. The number of likely N-dealkylation sites (N-methyl/N-ethyl adjacent to an activating group) is 1. The third-order valence-corrected chi connectivity index (χ3v) is 2.25. The van der Waals surface area contributed by atoms with Crippen LogP contribution in [0, 0.1) is 0 Å². The van der Waals surface area contributed by atoms with E-state index in [0.29, 0.717) is 19.6 Å². The standard InChI is InChI=1S/C11H23N3O2/c1-4-7-13-10(15)8-12-9-11(16)14(5-2)6-3/h12H,4-9H2,1-3H3,(H,13,15). The van der Waals surface area contributed by atoms with Crippen LogP contribution in [-0.2, 0) is 9.59 Å². The quantitative estimate of drug-likeness (QED) is 0.614. The van der Waals surface area contributed by atoms with E-state index >= 15 is 0 Å². The first-order chi connectivity index (χ1) is 7.65. The molecule has 0 spiro atoms. The maximum atomic E-state index is 11.5. The molecule has 94 valence electrons. The lowest BCUT2D eigenvalue weighted by Gasteiger charge is -2.18. The molecule has 0 aliphatic heterocycles. The number of rotatable bonds is 8. The molecule has 0 aromatic carbocycles. The van der Waals surface area contributed by atoms with Gasteiger partial charge < -0.3 is 10.2 Å². The summed E-state index contributed by atoms with van der Waals surface area (Å²) in [4.78, 5) is 24.5. The molecule has 0 rings (SSSR count). The number of amides is 2. The molecule has 0 heterocycles. The highest BCUT2D eigenvalue weighted by Crippen LogP contribution is 1.86. The fourth-order valence-electron chi connectivity index (χ4n) is 1.30. The zero-order valence-corrected chi connectivity index (χ0v) is 10.5. The highest BCUT2D eigenvalue weighted by Gasteiger charge is 2.09. The number of hydrogen-bond acceptors (Lipinski definition) is 3. The van der Waals surface area contributed by atoms with Crippen LogP contribution in [0.25, 0.3) is 0 Å². The first-order valence-electron chi connectivity index (χ1n) is 5.90. The fraction of sp³-hybridized carbons (Fsp3) is 0.818. The molecule has 0 bridgehead atoms. The van der Waals surface area contributed by atoms with Gasteiger partial charge in [-0.15, -0.1) is 0 Å². The van der Waals surface area contributed by atoms with Gasteiger partial charge >= 0.3 is 0 Å². The molecular weight excluding hydrogens is 206 g/mol. The van der Waals surface area contributed by atoms with Crippen molar-refractivity contribution in [2.75, 3.05) is 32.7 Å². The van der Waals surface area contributed by atoms with Crippen molar-refractivity contribution < 1.29 is 9.59 Å². The number of carbonyl (C=O) groups excluding carboxylic acids is 2. The van der Waals surface area contributed by atoms with Gasteiger partial charge in [0, 0.05) is 19.6 Å². The average Bonchev–Trinajstić information content (AvgIpc) is 2.28. The van der Waals surface area contributed by atoms with Crippen LogP contribution in [-0.4, -0.2) is 49.4 Å². The average molecular weight is 229 g/mol. The Labute approximate surface area is 97.6 Å². The smallest absolute Gasteiger partial charge is 0.236 e. The minimum atomic E-state index is -0.0609. The Morgan fingerprint density at radius 1 is 1.06 bits per heavy atom. The summed E-state index contributed by atoms with van der Waals surface area (Å²) in [5.41, 5.74) is 0. The summed E-state index contributed by atoms with van der Waals surface area (Å²) in [6.45, 7) is 8.40. The lowest BCUT2D eigenvalue weighted by atomic mass is 10.4. The molecule has 5 nitrogen and oxygen atoms in total. The van der Waals surface area contributed by atoms with Crippen molar-refractivity contribution in [3.8, 4) is 0 Å². The molecular formula is C11H23N3O2. The maximum Gasteiger partial charge on any atom is 0.236 e. The van der Waals surface area contributed by atoms with Crippen LogP contribution in [0.15, 0.2) is 0 Å². The first kappa shape index (κ1) is 14.9. The minimum absolute atomic E-state index is 0.0355. The first-order valence-corrected chi connectivity index (χ1v) is 5.90. The molecule has 0 unspecified atom stereocenters. The second-order valence-electron chi connectivity index (χ2n) is 3.52. The Morgan fingerprint density at radius 2 is 1.69 bits per heavy atom. The monoisotopic (exact) mass is 229 g/mol. The summed E-state index contributed by atoms with van der Waals surface area (Å²) in [5, 5.41) is 5.58. The lowest BCUT2D eigenvalue weighted by molar-refractivity contribution is -0.129. The molecule has 0 aliphatic rings. The van der Waals surface area contributed by atoms with E-state index < -0.39 is 0 Å². The van der Waals surface area contributed by atoms with Crippen LogP contribution in [0.4, 0.5) is 0 Å². The summed E-state index contributed by atoms with van der Waals surface area (Å²) in [5.74, 6) is -0.0255. The van der Waals surface area contributed by atoms with Crippen molar-refractivity contribution in [2.24, 2.45) is 0 Å². The van der Waals surface area contributed by atoms with Crippen molar-refractivity contribution in [2.45, 2.75) is 27.2 Å². The molecule has 0 fully saturated rings. The second-order valence-corrected chi connectivity index (χ2v) is 3.52. The van der Waals surface area contributed by atoms with E-state index in [2.05, 4.69) is 10.6 Å². The zero-order chi connectivity index (χ0) is 12.4.